The Labute approximate surface area is 119 Å². The third kappa shape index (κ3) is 4.37. The van der Waals surface area contributed by atoms with Crippen molar-refractivity contribution >= 4 is 11.3 Å². The smallest absolute Gasteiger partial charge is 0.119 e. The van der Waals surface area contributed by atoms with Crippen LogP contribution in [0.1, 0.15) is 37.3 Å². The van der Waals surface area contributed by atoms with Crippen molar-refractivity contribution in [3.8, 4) is 5.75 Å². The summed E-state index contributed by atoms with van der Waals surface area (Å²) in [5.74, 6) is 0.934. The van der Waals surface area contributed by atoms with E-state index < -0.39 is 0 Å². The van der Waals surface area contributed by atoms with Gasteiger partial charge in [-0.25, -0.2) is 0 Å². The van der Waals surface area contributed by atoms with Crippen molar-refractivity contribution < 1.29 is 4.74 Å². The monoisotopic (exact) mass is 275 g/mol. The number of thiophene rings is 1. The molecule has 2 nitrogen and oxygen atoms in total. The summed E-state index contributed by atoms with van der Waals surface area (Å²) in [7, 11) is 0. The zero-order valence-electron chi connectivity index (χ0n) is 11.7. The van der Waals surface area contributed by atoms with Crippen molar-refractivity contribution in [2.75, 3.05) is 0 Å². The molecular weight excluding hydrogens is 254 g/mol. The highest BCUT2D eigenvalue weighted by Gasteiger charge is 2.06. The fourth-order valence-electron chi connectivity index (χ4n) is 1.89. The molecule has 0 saturated heterocycles. The fourth-order valence-corrected chi connectivity index (χ4v) is 2.55. The quantitative estimate of drug-likeness (QED) is 0.844. The zero-order valence-corrected chi connectivity index (χ0v) is 12.5. The van der Waals surface area contributed by atoms with Crippen LogP contribution in [0.3, 0.4) is 0 Å². The van der Waals surface area contributed by atoms with Gasteiger partial charge >= 0.3 is 0 Å². The molecule has 0 aliphatic heterocycles. The Morgan fingerprint density at radius 3 is 2.42 bits per heavy atom. The van der Waals surface area contributed by atoms with Gasteiger partial charge in [-0.05, 0) is 49.9 Å². The summed E-state index contributed by atoms with van der Waals surface area (Å²) >= 11 is 1.79. The van der Waals surface area contributed by atoms with E-state index in [9.17, 15) is 0 Å². The first kappa shape index (κ1) is 14.1. The lowest BCUT2D eigenvalue weighted by Gasteiger charge is -2.15. The molecule has 1 atom stereocenters. The number of hydrogen-bond acceptors (Lipinski definition) is 3. The van der Waals surface area contributed by atoms with Crippen LogP contribution in [0.4, 0.5) is 0 Å². The molecule has 0 bridgehead atoms. The van der Waals surface area contributed by atoms with Crippen molar-refractivity contribution in [1.29, 1.82) is 0 Å². The lowest BCUT2D eigenvalue weighted by atomic mass is 10.1. The van der Waals surface area contributed by atoms with E-state index in [0.29, 0.717) is 6.04 Å². The Balaban J connectivity index is 1.90. The van der Waals surface area contributed by atoms with E-state index in [1.165, 1.54) is 10.4 Å². The summed E-state index contributed by atoms with van der Waals surface area (Å²) in [4.78, 5) is 1.37. The highest BCUT2D eigenvalue weighted by molar-refractivity contribution is 7.09. The van der Waals surface area contributed by atoms with Gasteiger partial charge in [0.2, 0.25) is 0 Å². The first-order chi connectivity index (χ1) is 9.15. The maximum atomic E-state index is 5.65. The molecule has 0 saturated carbocycles. The predicted octanol–water partition coefficient (Wildman–Crippen LogP) is 4.39. The average molecular weight is 275 g/mol. The Kier molecular flexibility index (Phi) is 5.00. The Hall–Kier alpha value is -1.32. The lowest BCUT2D eigenvalue weighted by molar-refractivity contribution is 0.242. The lowest BCUT2D eigenvalue weighted by Crippen LogP contribution is -2.17. The first-order valence-corrected chi connectivity index (χ1v) is 7.55. The average Bonchev–Trinajstić information content (AvgIpc) is 2.89. The van der Waals surface area contributed by atoms with E-state index in [-0.39, 0.29) is 6.10 Å². The van der Waals surface area contributed by atoms with E-state index in [1.807, 2.05) is 26.0 Å². The van der Waals surface area contributed by atoms with Gasteiger partial charge in [0.25, 0.3) is 0 Å². The fraction of sp³-hybridized carbons (Fsp3) is 0.375. The summed E-state index contributed by atoms with van der Waals surface area (Å²) < 4.78 is 5.65. The molecule has 0 spiro atoms. The van der Waals surface area contributed by atoms with Crippen molar-refractivity contribution in [3.05, 3.63) is 52.2 Å². The second-order valence-electron chi connectivity index (χ2n) is 4.92. The molecule has 1 aromatic carbocycles. The SMILES string of the molecule is CC(C)Oc1ccc(C(C)NCc2cccs2)cc1. The van der Waals surface area contributed by atoms with E-state index in [2.05, 4.69) is 41.9 Å². The molecule has 2 rings (SSSR count). The van der Waals surface area contributed by atoms with E-state index in [4.69, 9.17) is 4.74 Å². The third-order valence-corrected chi connectivity index (χ3v) is 3.79. The van der Waals surface area contributed by atoms with Gasteiger partial charge in [0.15, 0.2) is 0 Å². The summed E-state index contributed by atoms with van der Waals surface area (Å²) in [5.41, 5.74) is 1.28. The number of nitrogens with one attached hydrogen (secondary N) is 1. The molecule has 0 fully saturated rings. The molecule has 3 heteroatoms. The van der Waals surface area contributed by atoms with Gasteiger partial charge < -0.3 is 10.1 Å². The minimum atomic E-state index is 0.222. The Morgan fingerprint density at radius 1 is 1.11 bits per heavy atom. The molecule has 19 heavy (non-hydrogen) atoms. The molecule has 0 aliphatic rings. The Bertz CT molecular complexity index is 476. The first-order valence-electron chi connectivity index (χ1n) is 6.67. The van der Waals surface area contributed by atoms with E-state index in [1.54, 1.807) is 11.3 Å². The van der Waals surface area contributed by atoms with Crippen molar-refractivity contribution in [3.63, 3.8) is 0 Å². The standard InChI is InChI=1S/C16H21NOS/c1-12(2)18-15-8-6-14(7-9-15)13(3)17-11-16-5-4-10-19-16/h4-10,12-13,17H,11H2,1-3H3. The topological polar surface area (TPSA) is 21.3 Å². The Morgan fingerprint density at radius 2 is 1.84 bits per heavy atom. The van der Waals surface area contributed by atoms with E-state index >= 15 is 0 Å². The molecule has 1 unspecified atom stereocenters. The molecule has 102 valence electrons. The molecule has 1 heterocycles. The van der Waals surface area contributed by atoms with Crippen LogP contribution in [0, 0.1) is 0 Å². The highest BCUT2D eigenvalue weighted by atomic mass is 32.1. The maximum absolute atomic E-state index is 5.65. The number of rotatable bonds is 6. The summed E-state index contributed by atoms with van der Waals surface area (Å²) in [6.07, 6.45) is 0.222. The summed E-state index contributed by atoms with van der Waals surface area (Å²) in [6, 6.07) is 12.9. The largest absolute Gasteiger partial charge is 0.491 e. The van der Waals surface area contributed by atoms with Crippen LogP contribution in [0.15, 0.2) is 41.8 Å². The molecule has 1 N–H and O–H groups in total. The summed E-state index contributed by atoms with van der Waals surface area (Å²) in [6.45, 7) is 7.19. The molecular formula is C16H21NOS. The third-order valence-electron chi connectivity index (χ3n) is 2.91. The molecule has 1 aromatic heterocycles. The van der Waals surface area contributed by atoms with Crippen LogP contribution in [-0.2, 0) is 6.54 Å². The van der Waals surface area contributed by atoms with Gasteiger partial charge in [0, 0.05) is 17.5 Å². The van der Waals surface area contributed by atoms with Gasteiger partial charge in [0.05, 0.1) is 6.10 Å². The minimum absolute atomic E-state index is 0.222. The van der Waals surface area contributed by atoms with Crippen LogP contribution < -0.4 is 10.1 Å². The van der Waals surface area contributed by atoms with Gasteiger partial charge in [0.1, 0.15) is 5.75 Å². The van der Waals surface area contributed by atoms with Crippen LogP contribution in [-0.4, -0.2) is 6.10 Å². The molecule has 2 aromatic rings. The van der Waals surface area contributed by atoms with Crippen LogP contribution in [0.5, 0.6) is 5.75 Å². The highest BCUT2D eigenvalue weighted by Crippen LogP contribution is 2.19. The molecule has 0 amide bonds. The maximum Gasteiger partial charge on any atom is 0.119 e. The molecule has 0 radical (unpaired) electrons. The predicted molar refractivity (Wildman–Crippen MR) is 81.8 cm³/mol. The van der Waals surface area contributed by atoms with E-state index in [0.717, 1.165) is 12.3 Å². The van der Waals surface area contributed by atoms with Crippen LogP contribution >= 0.6 is 11.3 Å². The van der Waals surface area contributed by atoms with Crippen LogP contribution in [0.25, 0.3) is 0 Å². The van der Waals surface area contributed by atoms with Gasteiger partial charge in [-0.2, -0.15) is 0 Å². The number of ether oxygens (including phenoxy) is 1. The zero-order chi connectivity index (χ0) is 13.7. The number of benzene rings is 1. The van der Waals surface area contributed by atoms with Gasteiger partial charge in [-0.3, -0.25) is 0 Å². The van der Waals surface area contributed by atoms with Crippen molar-refractivity contribution in [2.24, 2.45) is 0 Å². The number of hydrogen-bond donors (Lipinski definition) is 1. The second kappa shape index (κ2) is 6.73. The normalized spacial score (nSPS) is 12.6. The van der Waals surface area contributed by atoms with Gasteiger partial charge in [-0.15, -0.1) is 11.3 Å². The van der Waals surface area contributed by atoms with Gasteiger partial charge in [-0.1, -0.05) is 18.2 Å². The van der Waals surface area contributed by atoms with Crippen molar-refractivity contribution in [1.82, 2.24) is 5.32 Å². The minimum Gasteiger partial charge on any atom is -0.491 e. The summed E-state index contributed by atoms with van der Waals surface area (Å²) in [5, 5.41) is 5.64. The second-order valence-corrected chi connectivity index (χ2v) is 5.95. The van der Waals surface area contributed by atoms with Crippen LogP contribution in [0.2, 0.25) is 0 Å². The van der Waals surface area contributed by atoms with Crippen molar-refractivity contribution in [2.45, 2.75) is 39.5 Å². The molecule has 0 aliphatic carbocycles.